The lowest BCUT2D eigenvalue weighted by Crippen LogP contribution is -2.27. The lowest BCUT2D eigenvalue weighted by atomic mass is 10.1. The van der Waals surface area contributed by atoms with Crippen molar-refractivity contribution in [1.29, 1.82) is 0 Å². The molecule has 118 valence electrons. The molecule has 0 radical (unpaired) electrons. The minimum Gasteiger partial charge on any atom is -0.358 e. The molecule has 0 spiro atoms. The van der Waals surface area contributed by atoms with Gasteiger partial charge in [0.05, 0.1) is 6.42 Å². The Labute approximate surface area is 144 Å². The van der Waals surface area contributed by atoms with Gasteiger partial charge in [-0.2, -0.15) is 0 Å². The quantitative estimate of drug-likeness (QED) is 0.696. The van der Waals surface area contributed by atoms with Crippen molar-refractivity contribution in [3.8, 4) is 0 Å². The number of carbonyl (C=O) groups excluding carboxylic acids is 1. The Morgan fingerprint density at radius 3 is 2.70 bits per heavy atom. The van der Waals surface area contributed by atoms with Crippen LogP contribution in [-0.4, -0.2) is 17.4 Å². The number of aryl methyl sites for hydroxylation is 1. The van der Waals surface area contributed by atoms with Gasteiger partial charge in [0, 0.05) is 27.6 Å². The monoisotopic (exact) mass is 370 g/mol. The van der Waals surface area contributed by atoms with Crippen LogP contribution in [-0.2, 0) is 17.6 Å². The third kappa shape index (κ3) is 3.64. The Morgan fingerprint density at radius 1 is 1.13 bits per heavy atom. The van der Waals surface area contributed by atoms with Gasteiger partial charge in [-0.15, -0.1) is 0 Å². The van der Waals surface area contributed by atoms with Crippen molar-refractivity contribution in [3.63, 3.8) is 0 Å². The molecule has 3 rings (SSSR count). The van der Waals surface area contributed by atoms with E-state index in [1.807, 2.05) is 36.4 Å². The van der Waals surface area contributed by atoms with E-state index in [0.29, 0.717) is 13.0 Å². The van der Waals surface area contributed by atoms with E-state index in [4.69, 9.17) is 0 Å². The fourth-order valence-electron chi connectivity index (χ4n) is 2.86. The van der Waals surface area contributed by atoms with Gasteiger partial charge in [-0.1, -0.05) is 52.3 Å². The van der Waals surface area contributed by atoms with Crippen LogP contribution in [0.25, 0.3) is 10.9 Å². The number of aromatic nitrogens is 1. The number of nitrogens with one attached hydrogen (secondary N) is 2. The Morgan fingerprint density at radius 2 is 1.87 bits per heavy atom. The van der Waals surface area contributed by atoms with Crippen LogP contribution in [0.5, 0.6) is 0 Å². The summed E-state index contributed by atoms with van der Waals surface area (Å²) in [5, 5.41) is 4.26. The number of fused-ring (bicyclic) bond motifs is 1. The molecular weight excluding hydrogens is 352 g/mol. The highest BCUT2D eigenvalue weighted by atomic mass is 79.9. The van der Waals surface area contributed by atoms with Crippen LogP contribution in [0.1, 0.15) is 16.8 Å². The maximum absolute atomic E-state index is 12.1. The van der Waals surface area contributed by atoms with Gasteiger partial charge < -0.3 is 10.3 Å². The Bertz CT molecular complexity index is 838. The fourth-order valence-corrected chi connectivity index (χ4v) is 3.29. The molecule has 1 amide bonds. The number of hydrogen-bond donors (Lipinski definition) is 2. The Hall–Kier alpha value is -2.07. The first-order valence-corrected chi connectivity index (χ1v) is 8.51. The summed E-state index contributed by atoms with van der Waals surface area (Å²) >= 11 is 3.48. The number of H-pyrrole nitrogens is 1. The first-order valence-electron chi connectivity index (χ1n) is 7.71. The van der Waals surface area contributed by atoms with Crippen molar-refractivity contribution in [1.82, 2.24) is 10.3 Å². The standard InChI is InChI=1S/C19H19BrN2O/c1-13-15(16-7-3-5-9-18(16)22-13)10-11-21-19(23)12-14-6-2-4-8-17(14)20/h2-9,22H,10-12H2,1H3,(H,21,23). The molecule has 0 aliphatic heterocycles. The van der Waals surface area contributed by atoms with Crippen LogP contribution in [0.4, 0.5) is 0 Å². The van der Waals surface area contributed by atoms with Crippen LogP contribution in [0, 0.1) is 6.92 Å². The predicted octanol–water partition coefficient (Wildman–Crippen LogP) is 4.14. The Balaban J connectivity index is 1.59. The topological polar surface area (TPSA) is 44.9 Å². The molecular formula is C19H19BrN2O. The zero-order valence-corrected chi connectivity index (χ0v) is 14.6. The summed E-state index contributed by atoms with van der Waals surface area (Å²) in [6.45, 7) is 2.73. The molecule has 4 heteroatoms. The first-order chi connectivity index (χ1) is 11.1. The number of aromatic amines is 1. The zero-order chi connectivity index (χ0) is 16.2. The number of benzene rings is 2. The summed E-state index contributed by atoms with van der Waals surface area (Å²) in [6, 6.07) is 16.1. The van der Waals surface area contributed by atoms with Crippen molar-refractivity contribution < 1.29 is 4.79 Å². The predicted molar refractivity (Wildman–Crippen MR) is 97.6 cm³/mol. The molecule has 0 saturated carbocycles. The van der Waals surface area contributed by atoms with E-state index in [-0.39, 0.29) is 5.91 Å². The number of carbonyl (C=O) groups is 1. The van der Waals surface area contributed by atoms with Crippen molar-refractivity contribution >= 4 is 32.7 Å². The summed E-state index contributed by atoms with van der Waals surface area (Å²) in [4.78, 5) is 15.5. The molecule has 1 heterocycles. The minimum atomic E-state index is 0.0504. The molecule has 3 nitrogen and oxygen atoms in total. The zero-order valence-electron chi connectivity index (χ0n) is 13.0. The summed E-state index contributed by atoms with van der Waals surface area (Å²) < 4.78 is 0.975. The maximum Gasteiger partial charge on any atom is 0.224 e. The average molecular weight is 371 g/mol. The summed E-state index contributed by atoms with van der Waals surface area (Å²) in [5.74, 6) is 0.0504. The Kier molecular flexibility index (Phi) is 4.82. The molecule has 3 aromatic rings. The SMILES string of the molecule is Cc1[nH]c2ccccc2c1CCNC(=O)Cc1ccccc1Br. The van der Waals surface area contributed by atoms with Crippen molar-refractivity contribution in [2.24, 2.45) is 0 Å². The van der Waals surface area contributed by atoms with Gasteiger partial charge >= 0.3 is 0 Å². The van der Waals surface area contributed by atoms with Crippen LogP contribution in [0.15, 0.2) is 53.0 Å². The molecule has 2 aromatic carbocycles. The number of rotatable bonds is 5. The summed E-state index contributed by atoms with van der Waals surface area (Å²) in [5.41, 5.74) is 4.61. The molecule has 0 unspecified atom stereocenters. The first kappa shape index (κ1) is 15.8. The van der Waals surface area contributed by atoms with Gasteiger partial charge in [0.25, 0.3) is 0 Å². The third-order valence-corrected chi connectivity index (χ3v) is 4.81. The summed E-state index contributed by atoms with van der Waals surface area (Å²) in [6.07, 6.45) is 1.23. The normalized spacial score (nSPS) is 10.9. The lowest BCUT2D eigenvalue weighted by molar-refractivity contribution is -0.120. The van der Waals surface area contributed by atoms with Crippen LogP contribution < -0.4 is 5.32 Å². The van der Waals surface area contributed by atoms with Crippen LogP contribution in [0.2, 0.25) is 0 Å². The highest BCUT2D eigenvalue weighted by molar-refractivity contribution is 9.10. The average Bonchev–Trinajstić information content (AvgIpc) is 2.86. The van der Waals surface area contributed by atoms with E-state index in [9.17, 15) is 4.79 Å². The molecule has 2 N–H and O–H groups in total. The van der Waals surface area contributed by atoms with E-state index >= 15 is 0 Å². The maximum atomic E-state index is 12.1. The van der Waals surface area contributed by atoms with Crippen molar-refractivity contribution in [2.45, 2.75) is 19.8 Å². The van der Waals surface area contributed by atoms with Gasteiger partial charge in [0.1, 0.15) is 0 Å². The van der Waals surface area contributed by atoms with Crippen LogP contribution in [0.3, 0.4) is 0 Å². The third-order valence-electron chi connectivity index (χ3n) is 4.03. The largest absolute Gasteiger partial charge is 0.358 e. The second-order valence-electron chi connectivity index (χ2n) is 5.64. The fraction of sp³-hybridized carbons (Fsp3) is 0.211. The lowest BCUT2D eigenvalue weighted by Gasteiger charge is -2.07. The molecule has 0 aliphatic rings. The van der Waals surface area contributed by atoms with Gasteiger partial charge in [-0.05, 0) is 36.6 Å². The van der Waals surface area contributed by atoms with E-state index in [2.05, 4.69) is 45.3 Å². The molecule has 0 atom stereocenters. The smallest absolute Gasteiger partial charge is 0.224 e. The van der Waals surface area contributed by atoms with E-state index in [0.717, 1.165) is 22.0 Å². The summed E-state index contributed by atoms with van der Waals surface area (Å²) in [7, 11) is 0. The molecule has 0 saturated heterocycles. The molecule has 1 aromatic heterocycles. The van der Waals surface area contributed by atoms with Gasteiger partial charge in [-0.25, -0.2) is 0 Å². The van der Waals surface area contributed by atoms with Crippen molar-refractivity contribution in [2.75, 3.05) is 6.54 Å². The van der Waals surface area contributed by atoms with Gasteiger partial charge in [0.2, 0.25) is 5.91 Å². The van der Waals surface area contributed by atoms with E-state index in [1.165, 1.54) is 16.6 Å². The number of hydrogen-bond acceptors (Lipinski definition) is 1. The van der Waals surface area contributed by atoms with E-state index < -0.39 is 0 Å². The number of halogens is 1. The highest BCUT2D eigenvalue weighted by Crippen LogP contribution is 2.22. The number of para-hydroxylation sites is 1. The number of amides is 1. The molecule has 0 aliphatic carbocycles. The van der Waals surface area contributed by atoms with Crippen molar-refractivity contribution in [3.05, 3.63) is 69.8 Å². The molecule has 0 fully saturated rings. The van der Waals surface area contributed by atoms with Gasteiger partial charge in [0.15, 0.2) is 0 Å². The van der Waals surface area contributed by atoms with Gasteiger partial charge in [-0.3, -0.25) is 4.79 Å². The highest BCUT2D eigenvalue weighted by Gasteiger charge is 2.09. The van der Waals surface area contributed by atoms with Crippen LogP contribution >= 0.6 is 15.9 Å². The molecule has 23 heavy (non-hydrogen) atoms. The molecule has 0 bridgehead atoms. The second-order valence-corrected chi connectivity index (χ2v) is 6.50. The second kappa shape index (κ2) is 7.01. The minimum absolute atomic E-state index is 0.0504. The van der Waals surface area contributed by atoms with E-state index in [1.54, 1.807) is 0 Å².